The van der Waals surface area contributed by atoms with Gasteiger partial charge in [0.1, 0.15) is 0 Å². The lowest BCUT2D eigenvalue weighted by molar-refractivity contribution is 0.129. The maximum absolute atomic E-state index is 5.62. The van der Waals surface area contributed by atoms with Crippen LogP contribution < -0.4 is 5.32 Å². The van der Waals surface area contributed by atoms with Gasteiger partial charge in [0.05, 0.1) is 6.10 Å². The van der Waals surface area contributed by atoms with E-state index in [2.05, 4.69) is 46.7 Å². The fourth-order valence-electron chi connectivity index (χ4n) is 2.21. The molecule has 1 N–H and O–H groups in total. The summed E-state index contributed by atoms with van der Waals surface area (Å²) in [5.74, 6) is 0.972. The van der Waals surface area contributed by atoms with Crippen LogP contribution in [0.15, 0.2) is 28.6 Å². The highest BCUT2D eigenvalue weighted by Crippen LogP contribution is 2.29. The highest BCUT2D eigenvalue weighted by atomic mass is 32.2. The minimum atomic E-state index is 0.386. The molecule has 6 heteroatoms. The summed E-state index contributed by atoms with van der Waals surface area (Å²) in [6, 6.07) is 8.44. The van der Waals surface area contributed by atoms with Gasteiger partial charge in [-0.2, -0.15) is 0 Å². The Balaban J connectivity index is 1.53. The predicted molar refractivity (Wildman–Crippen MR) is 88.7 cm³/mol. The van der Waals surface area contributed by atoms with Gasteiger partial charge in [-0.15, -0.1) is 10.2 Å². The lowest BCUT2D eigenvalue weighted by atomic mass is 10.1. The van der Waals surface area contributed by atoms with Crippen LogP contribution in [0.4, 0.5) is 10.8 Å². The Morgan fingerprint density at radius 2 is 2.19 bits per heavy atom. The van der Waals surface area contributed by atoms with Crippen molar-refractivity contribution in [3.8, 4) is 0 Å². The molecule has 0 radical (unpaired) electrons. The van der Waals surface area contributed by atoms with Crippen molar-refractivity contribution in [2.24, 2.45) is 0 Å². The second-order valence-corrected chi connectivity index (χ2v) is 7.24. The van der Waals surface area contributed by atoms with Crippen molar-refractivity contribution in [3.63, 3.8) is 0 Å². The molecule has 1 aromatic heterocycles. The summed E-state index contributed by atoms with van der Waals surface area (Å²) in [7, 11) is 0. The number of rotatable bonds is 6. The van der Waals surface area contributed by atoms with E-state index in [4.69, 9.17) is 4.74 Å². The van der Waals surface area contributed by atoms with Gasteiger partial charge in [0, 0.05) is 18.0 Å². The third kappa shape index (κ3) is 4.18. The summed E-state index contributed by atoms with van der Waals surface area (Å²) in [5, 5.41) is 12.6. The Labute approximate surface area is 133 Å². The molecule has 4 nitrogen and oxygen atoms in total. The van der Waals surface area contributed by atoms with Crippen LogP contribution in [0.5, 0.6) is 0 Å². The van der Waals surface area contributed by atoms with Gasteiger partial charge in [-0.1, -0.05) is 42.2 Å². The average molecular weight is 321 g/mol. The smallest absolute Gasteiger partial charge is 0.210 e. The summed E-state index contributed by atoms with van der Waals surface area (Å²) in [4.78, 5) is 0. The number of benzene rings is 1. The summed E-state index contributed by atoms with van der Waals surface area (Å²) in [5.41, 5.74) is 2.39. The van der Waals surface area contributed by atoms with Gasteiger partial charge in [-0.25, -0.2) is 0 Å². The van der Waals surface area contributed by atoms with E-state index in [0.717, 1.165) is 33.9 Å². The molecule has 0 bridgehead atoms. The minimum Gasteiger partial charge on any atom is -0.377 e. The van der Waals surface area contributed by atoms with Gasteiger partial charge >= 0.3 is 0 Å². The standard InChI is InChI=1S/C15H19N3OS2/c1-2-11-5-7-12(8-6-11)16-14-17-18-15(21-14)20-10-13-4-3-9-19-13/h5-8,13H,2-4,9-10H2,1H3,(H,16,17)/t13-/m0/s1. The number of aryl methyl sites for hydroxylation is 1. The van der Waals surface area contributed by atoms with Crippen LogP contribution in [0.3, 0.4) is 0 Å². The molecule has 0 aliphatic carbocycles. The molecule has 0 unspecified atom stereocenters. The van der Waals surface area contributed by atoms with Crippen LogP contribution in [0.1, 0.15) is 25.3 Å². The number of anilines is 2. The van der Waals surface area contributed by atoms with Crippen molar-refractivity contribution in [2.75, 3.05) is 17.7 Å². The zero-order chi connectivity index (χ0) is 14.5. The minimum absolute atomic E-state index is 0.386. The molecule has 1 aliphatic heterocycles. The van der Waals surface area contributed by atoms with Gasteiger partial charge < -0.3 is 10.1 Å². The van der Waals surface area contributed by atoms with Crippen molar-refractivity contribution in [2.45, 2.75) is 36.6 Å². The Morgan fingerprint density at radius 3 is 2.90 bits per heavy atom. The molecule has 1 aromatic carbocycles. The lowest BCUT2D eigenvalue weighted by Crippen LogP contribution is -2.07. The van der Waals surface area contributed by atoms with E-state index >= 15 is 0 Å². The van der Waals surface area contributed by atoms with Crippen LogP contribution in [0.2, 0.25) is 0 Å². The first kappa shape index (κ1) is 14.8. The van der Waals surface area contributed by atoms with E-state index in [-0.39, 0.29) is 0 Å². The molecular weight excluding hydrogens is 302 g/mol. The van der Waals surface area contributed by atoms with Crippen LogP contribution in [-0.2, 0) is 11.2 Å². The van der Waals surface area contributed by atoms with Crippen LogP contribution in [0.25, 0.3) is 0 Å². The molecule has 0 saturated carbocycles. The SMILES string of the molecule is CCc1ccc(Nc2nnc(SC[C@@H]3CCCO3)s2)cc1. The van der Waals surface area contributed by atoms with Gasteiger partial charge in [-0.3, -0.25) is 0 Å². The molecule has 1 fully saturated rings. The van der Waals surface area contributed by atoms with E-state index in [1.54, 1.807) is 23.1 Å². The van der Waals surface area contributed by atoms with Crippen molar-refractivity contribution in [3.05, 3.63) is 29.8 Å². The second kappa shape index (κ2) is 7.24. The van der Waals surface area contributed by atoms with Crippen LogP contribution in [-0.4, -0.2) is 28.7 Å². The van der Waals surface area contributed by atoms with E-state index in [9.17, 15) is 0 Å². The van der Waals surface area contributed by atoms with E-state index < -0.39 is 0 Å². The van der Waals surface area contributed by atoms with Crippen molar-refractivity contribution >= 4 is 33.9 Å². The Morgan fingerprint density at radius 1 is 1.33 bits per heavy atom. The fourth-order valence-corrected chi connectivity index (χ4v) is 4.07. The zero-order valence-electron chi connectivity index (χ0n) is 12.0. The first-order chi connectivity index (χ1) is 10.3. The fraction of sp³-hybridized carbons (Fsp3) is 0.467. The molecule has 0 amide bonds. The van der Waals surface area contributed by atoms with Gasteiger partial charge in [-0.05, 0) is 37.0 Å². The normalized spacial score (nSPS) is 18.0. The Hall–Kier alpha value is -1.11. The van der Waals surface area contributed by atoms with Crippen molar-refractivity contribution in [1.82, 2.24) is 10.2 Å². The molecule has 0 spiro atoms. The topological polar surface area (TPSA) is 47.0 Å². The highest BCUT2D eigenvalue weighted by Gasteiger charge is 2.16. The molecule has 3 rings (SSSR count). The molecule has 2 aromatic rings. The number of ether oxygens (including phenoxy) is 1. The molecular formula is C15H19N3OS2. The summed E-state index contributed by atoms with van der Waals surface area (Å²) in [6.07, 6.45) is 3.79. The summed E-state index contributed by atoms with van der Waals surface area (Å²) < 4.78 is 6.62. The predicted octanol–water partition coefficient (Wildman–Crippen LogP) is 4.12. The Bertz CT molecular complexity index is 565. The van der Waals surface area contributed by atoms with Crippen LogP contribution in [0, 0.1) is 0 Å². The third-order valence-corrected chi connectivity index (χ3v) is 5.54. The maximum Gasteiger partial charge on any atom is 0.210 e. The summed E-state index contributed by atoms with van der Waals surface area (Å²) in [6.45, 7) is 3.06. The molecule has 1 saturated heterocycles. The molecule has 21 heavy (non-hydrogen) atoms. The molecule has 1 atom stereocenters. The number of hydrogen-bond donors (Lipinski definition) is 1. The average Bonchev–Trinajstić information content (AvgIpc) is 3.17. The molecule has 1 aliphatic rings. The number of hydrogen-bond acceptors (Lipinski definition) is 6. The van der Waals surface area contributed by atoms with Crippen molar-refractivity contribution < 1.29 is 4.74 Å². The quantitative estimate of drug-likeness (QED) is 0.811. The van der Waals surface area contributed by atoms with Crippen LogP contribution >= 0.6 is 23.1 Å². The van der Waals surface area contributed by atoms with E-state index in [1.165, 1.54) is 18.4 Å². The molecule has 2 heterocycles. The number of thioether (sulfide) groups is 1. The van der Waals surface area contributed by atoms with E-state index in [0.29, 0.717) is 6.10 Å². The highest BCUT2D eigenvalue weighted by molar-refractivity contribution is 8.01. The number of nitrogens with zero attached hydrogens (tertiary/aromatic N) is 2. The van der Waals surface area contributed by atoms with Crippen molar-refractivity contribution in [1.29, 1.82) is 0 Å². The monoisotopic (exact) mass is 321 g/mol. The largest absolute Gasteiger partial charge is 0.377 e. The van der Waals surface area contributed by atoms with Gasteiger partial charge in [0.2, 0.25) is 5.13 Å². The number of aromatic nitrogens is 2. The first-order valence-electron chi connectivity index (χ1n) is 7.27. The lowest BCUT2D eigenvalue weighted by Gasteiger charge is -2.05. The van der Waals surface area contributed by atoms with Gasteiger partial charge in [0.25, 0.3) is 0 Å². The second-order valence-electron chi connectivity index (χ2n) is 4.99. The zero-order valence-corrected chi connectivity index (χ0v) is 13.7. The third-order valence-electron chi connectivity index (χ3n) is 3.44. The molecule has 112 valence electrons. The maximum atomic E-state index is 5.62. The van der Waals surface area contributed by atoms with Gasteiger partial charge in [0.15, 0.2) is 4.34 Å². The van der Waals surface area contributed by atoms with E-state index in [1.807, 2.05) is 0 Å². The Kier molecular flexibility index (Phi) is 5.11. The summed E-state index contributed by atoms with van der Waals surface area (Å²) >= 11 is 3.33. The number of nitrogens with one attached hydrogen (secondary N) is 1. The first-order valence-corrected chi connectivity index (χ1v) is 9.07.